The van der Waals surface area contributed by atoms with Crippen molar-refractivity contribution in [3.8, 4) is 5.75 Å². The van der Waals surface area contributed by atoms with Gasteiger partial charge in [-0.1, -0.05) is 23.7 Å². The SMILES string of the molecule is O=C(N/N=C/c1cccc(OC(=O)c2ccc(Cl)cc2)c1)C(=O)Nc1ccc(F)cc1. The Morgan fingerprint density at radius 2 is 1.65 bits per heavy atom. The molecule has 31 heavy (non-hydrogen) atoms. The number of ether oxygens (including phenoxy) is 1. The molecule has 2 amide bonds. The topological polar surface area (TPSA) is 96.9 Å². The Hall–Kier alpha value is -4.04. The van der Waals surface area contributed by atoms with E-state index in [0.717, 1.165) is 12.1 Å². The van der Waals surface area contributed by atoms with Crippen LogP contribution >= 0.6 is 11.6 Å². The van der Waals surface area contributed by atoms with Crippen LogP contribution in [0.25, 0.3) is 0 Å². The third kappa shape index (κ3) is 6.48. The van der Waals surface area contributed by atoms with Crippen molar-refractivity contribution in [2.24, 2.45) is 5.10 Å². The van der Waals surface area contributed by atoms with Gasteiger partial charge in [0.05, 0.1) is 11.8 Å². The molecule has 3 aromatic carbocycles. The number of anilines is 1. The van der Waals surface area contributed by atoms with Gasteiger partial charge in [-0.15, -0.1) is 0 Å². The van der Waals surface area contributed by atoms with Gasteiger partial charge in [0.25, 0.3) is 0 Å². The second-order valence-electron chi connectivity index (χ2n) is 6.13. The summed E-state index contributed by atoms with van der Waals surface area (Å²) in [5, 5.41) is 6.52. The number of hydrogen-bond acceptors (Lipinski definition) is 5. The molecule has 0 aromatic heterocycles. The highest BCUT2D eigenvalue weighted by Crippen LogP contribution is 2.16. The van der Waals surface area contributed by atoms with Gasteiger partial charge in [0.1, 0.15) is 11.6 Å². The van der Waals surface area contributed by atoms with Crippen molar-refractivity contribution in [3.63, 3.8) is 0 Å². The summed E-state index contributed by atoms with van der Waals surface area (Å²) in [6.45, 7) is 0. The Morgan fingerprint density at radius 1 is 0.935 bits per heavy atom. The molecule has 156 valence electrons. The van der Waals surface area contributed by atoms with E-state index in [1.807, 2.05) is 0 Å². The van der Waals surface area contributed by atoms with E-state index < -0.39 is 23.6 Å². The van der Waals surface area contributed by atoms with E-state index in [1.54, 1.807) is 42.5 Å². The van der Waals surface area contributed by atoms with Gasteiger partial charge in [-0.3, -0.25) is 9.59 Å². The van der Waals surface area contributed by atoms with Gasteiger partial charge < -0.3 is 10.1 Å². The van der Waals surface area contributed by atoms with Crippen molar-refractivity contribution >= 4 is 41.3 Å². The zero-order chi connectivity index (χ0) is 22.2. The number of carbonyl (C=O) groups is 3. The number of hydrogen-bond donors (Lipinski definition) is 2. The molecule has 0 radical (unpaired) electrons. The molecule has 2 N–H and O–H groups in total. The van der Waals surface area contributed by atoms with Crippen molar-refractivity contribution in [2.75, 3.05) is 5.32 Å². The first-order chi connectivity index (χ1) is 14.9. The average Bonchev–Trinajstić information content (AvgIpc) is 2.76. The third-order valence-electron chi connectivity index (χ3n) is 3.84. The summed E-state index contributed by atoms with van der Waals surface area (Å²) in [5.74, 6) is -2.73. The minimum atomic E-state index is -1.01. The lowest BCUT2D eigenvalue weighted by atomic mass is 10.2. The van der Waals surface area contributed by atoms with Crippen LogP contribution in [0, 0.1) is 5.82 Å². The lowest BCUT2D eigenvalue weighted by molar-refractivity contribution is -0.136. The monoisotopic (exact) mass is 439 g/mol. The summed E-state index contributed by atoms with van der Waals surface area (Å²) in [5.41, 5.74) is 3.19. The molecule has 3 rings (SSSR count). The number of hydrazone groups is 1. The molecule has 0 heterocycles. The van der Waals surface area contributed by atoms with E-state index in [4.69, 9.17) is 16.3 Å². The minimum Gasteiger partial charge on any atom is -0.423 e. The maximum Gasteiger partial charge on any atom is 0.343 e. The number of nitrogens with one attached hydrogen (secondary N) is 2. The minimum absolute atomic E-state index is 0.265. The van der Waals surface area contributed by atoms with E-state index in [-0.39, 0.29) is 11.4 Å². The summed E-state index contributed by atoms with van der Waals surface area (Å²) in [6, 6.07) is 17.6. The van der Waals surface area contributed by atoms with Crippen LogP contribution in [0.2, 0.25) is 5.02 Å². The fourth-order valence-electron chi connectivity index (χ4n) is 2.35. The molecule has 0 spiro atoms. The van der Waals surface area contributed by atoms with Crippen molar-refractivity contribution in [3.05, 3.63) is 94.8 Å². The highest BCUT2D eigenvalue weighted by Gasteiger charge is 2.13. The molecule has 9 heteroatoms. The van der Waals surface area contributed by atoms with Crippen molar-refractivity contribution < 1.29 is 23.5 Å². The number of benzene rings is 3. The summed E-state index contributed by atoms with van der Waals surface area (Å²) in [6.07, 6.45) is 1.28. The molecule has 0 saturated carbocycles. The molecule has 0 bridgehead atoms. The predicted molar refractivity (Wildman–Crippen MR) is 114 cm³/mol. The zero-order valence-corrected chi connectivity index (χ0v) is 16.6. The van der Waals surface area contributed by atoms with Crippen LogP contribution in [0.5, 0.6) is 5.75 Å². The smallest absolute Gasteiger partial charge is 0.343 e. The first kappa shape index (κ1) is 21.7. The Labute approximate surface area is 181 Å². The number of rotatable bonds is 5. The molecule has 0 aliphatic heterocycles. The van der Waals surface area contributed by atoms with Crippen molar-refractivity contribution in [2.45, 2.75) is 0 Å². The number of amides is 2. The number of halogens is 2. The van der Waals surface area contributed by atoms with Gasteiger partial charge in [0.2, 0.25) is 0 Å². The highest BCUT2D eigenvalue weighted by molar-refractivity contribution is 6.39. The fraction of sp³-hybridized carbons (Fsp3) is 0. The van der Waals surface area contributed by atoms with Gasteiger partial charge in [0.15, 0.2) is 0 Å². The summed E-state index contributed by atoms with van der Waals surface area (Å²) >= 11 is 5.80. The molecule has 0 unspecified atom stereocenters. The van der Waals surface area contributed by atoms with E-state index >= 15 is 0 Å². The maximum absolute atomic E-state index is 12.9. The first-order valence-corrected chi connectivity index (χ1v) is 9.26. The fourth-order valence-corrected chi connectivity index (χ4v) is 2.47. The van der Waals surface area contributed by atoms with E-state index in [9.17, 15) is 18.8 Å². The molecule has 0 saturated heterocycles. The summed E-state index contributed by atoms with van der Waals surface area (Å²) in [4.78, 5) is 35.8. The standard InChI is InChI=1S/C22H15ClFN3O4/c23-16-6-4-15(5-7-16)22(30)31-19-3-1-2-14(12-19)13-25-27-21(29)20(28)26-18-10-8-17(24)9-11-18/h1-13H,(H,26,28)(H,27,29)/b25-13+. The lowest BCUT2D eigenvalue weighted by Crippen LogP contribution is -2.32. The molecule has 3 aromatic rings. The normalized spacial score (nSPS) is 10.5. The largest absolute Gasteiger partial charge is 0.423 e. The number of nitrogens with zero attached hydrogens (tertiary/aromatic N) is 1. The van der Waals surface area contributed by atoms with E-state index in [2.05, 4.69) is 15.8 Å². The number of carbonyl (C=O) groups excluding carboxylic acids is 3. The third-order valence-corrected chi connectivity index (χ3v) is 4.09. The van der Waals surface area contributed by atoms with Crippen molar-refractivity contribution in [1.82, 2.24) is 5.43 Å². The van der Waals surface area contributed by atoms with E-state index in [0.29, 0.717) is 16.1 Å². The zero-order valence-electron chi connectivity index (χ0n) is 15.8. The molecule has 0 aliphatic carbocycles. The molecular formula is C22H15ClFN3O4. The quantitative estimate of drug-likeness (QED) is 0.208. The van der Waals surface area contributed by atoms with Crippen LogP contribution in [-0.4, -0.2) is 24.0 Å². The Morgan fingerprint density at radius 3 is 2.35 bits per heavy atom. The van der Waals surface area contributed by atoms with Crippen LogP contribution in [-0.2, 0) is 9.59 Å². The van der Waals surface area contributed by atoms with Crippen LogP contribution in [0.4, 0.5) is 10.1 Å². The lowest BCUT2D eigenvalue weighted by Gasteiger charge is -2.05. The molecule has 0 aliphatic rings. The Balaban J connectivity index is 1.55. The molecule has 0 atom stereocenters. The molecule has 7 nitrogen and oxygen atoms in total. The Kier molecular flexibility index (Phi) is 7.08. The first-order valence-electron chi connectivity index (χ1n) is 8.88. The summed E-state index contributed by atoms with van der Waals surface area (Å²) in [7, 11) is 0. The summed E-state index contributed by atoms with van der Waals surface area (Å²) < 4.78 is 18.2. The average molecular weight is 440 g/mol. The van der Waals surface area contributed by atoms with E-state index in [1.165, 1.54) is 24.4 Å². The van der Waals surface area contributed by atoms with Crippen LogP contribution in [0.3, 0.4) is 0 Å². The molecule has 0 fully saturated rings. The van der Waals surface area contributed by atoms with Crippen molar-refractivity contribution in [1.29, 1.82) is 0 Å². The Bertz CT molecular complexity index is 1130. The number of esters is 1. The van der Waals surface area contributed by atoms with Gasteiger partial charge in [-0.25, -0.2) is 14.6 Å². The van der Waals surface area contributed by atoms with Crippen LogP contribution < -0.4 is 15.5 Å². The van der Waals surface area contributed by atoms with Crippen LogP contribution in [0.1, 0.15) is 15.9 Å². The van der Waals surface area contributed by atoms with Gasteiger partial charge in [0, 0.05) is 10.7 Å². The van der Waals surface area contributed by atoms with Gasteiger partial charge >= 0.3 is 17.8 Å². The second kappa shape index (κ2) is 10.1. The van der Waals surface area contributed by atoms with Gasteiger partial charge in [-0.2, -0.15) is 5.10 Å². The van der Waals surface area contributed by atoms with Crippen LogP contribution in [0.15, 0.2) is 77.9 Å². The highest BCUT2D eigenvalue weighted by atomic mass is 35.5. The van der Waals surface area contributed by atoms with Gasteiger partial charge in [-0.05, 0) is 66.2 Å². The molecular weight excluding hydrogens is 425 g/mol. The predicted octanol–water partition coefficient (Wildman–Crippen LogP) is 3.79. The second-order valence-corrected chi connectivity index (χ2v) is 6.57. The maximum atomic E-state index is 12.9.